The molecule has 13 heavy (non-hydrogen) atoms. The van der Waals surface area contributed by atoms with Gasteiger partial charge in [0.15, 0.2) is 0 Å². The quantitative estimate of drug-likeness (QED) is 0.709. The van der Waals surface area contributed by atoms with Gasteiger partial charge in [-0.2, -0.15) is 0 Å². The molecule has 0 saturated heterocycles. The van der Waals surface area contributed by atoms with Gasteiger partial charge in [0.05, 0.1) is 18.3 Å². The number of hydrogen-bond donors (Lipinski definition) is 1. The lowest BCUT2D eigenvalue weighted by molar-refractivity contribution is 0.271. The molecule has 0 amide bonds. The molecule has 0 radical (unpaired) electrons. The number of nitrogens with one attached hydrogen (secondary N) is 1. The molecule has 2 aromatic rings. The predicted molar refractivity (Wildman–Crippen MR) is 52.4 cm³/mol. The van der Waals surface area contributed by atoms with E-state index in [2.05, 4.69) is 10.5 Å². The first-order chi connectivity index (χ1) is 6.40. The van der Waals surface area contributed by atoms with Crippen LogP contribution in [0.5, 0.6) is 0 Å². The molecule has 0 aliphatic rings. The molecule has 2 rings (SSSR count). The van der Waals surface area contributed by atoms with Crippen LogP contribution in [0.25, 0.3) is 10.9 Å². The number of rotatable bonds is 2. The number of fused-ring (bicyclic) bond motifs is 1. The maximum Gasteiger partial charge on any atom is 0.0703 e. The second kappa shape index (κ2) is 3.41. The summed E-state index contributed by atoms with van der Waals surface area (Å²) in [4.78, 5) is 9.02. The molecule has 66 valence electrons. The van der Waals surface area contributed by atoms with E-state index in [9.17, 15) is 0 Å². The standard InChI is InChI=1S/C10H10N2O/c1-13-12-9-4-5-10-8(7-9)3-2-6-11-10/h2-7,12H,1H3. The first kappa shape index (κ1) is 8.01. The molecular weight excluding hydrogens is 164 g/mol. The van der Waals surface area contributed by atoms with Crippen LogP contribution in [0, 0.1) is 0 Å². The number of anilines is 1. The molecule has 0 fully saturated rings. The minimum atomic E-state index is 0.933. The van der Waals surface area contributed by atoms with Crippen molar-refractivity contribution in [1.29, 1.82) is 0 Å². The summed E-state index contributed by atoms with van der Waals surface area (Å²) in [7, 11) is 1.59. The van der Waals surface area contributed by atoms with E-state index in [1.54, 1.807) is 13.3 Å². The predicted octanol–water partition coefficient (Wildman–Crippen LogP) is 2.21. The Balaban J connectivity index is 2.49. The Bertz CT molecular complexity index is 414. The van der Waals surface area contributed by atoms with Crippen LogP contribution in [0.2, 0.25) is 0 Å². The molecule has 1 aromatic carbocycles. The highest BCUT2D eigenvalue weighted by Crippen LogP contribution is 2.16. The van der Waals surface area contributed by atoms with Crippen LogP contribution < -0.4 is 5.48 Å². The number of hydrogen-bond acceptors (Lipinski definition) is 3. The number of benzene rings is 1. The van der Waals surface area contributed by atoms with Crippen molar-refractivity contribution in [3.63, 3.8) is 0 Å². The Morgan fingerprint density at radius 2 is 2.23 bits per heavy atom. The molecule has 1 heterocycles. The average Bonchev–Trinajstić information content (AvgIpc) is 2.18. The second-order valence-corrected chi connectivity index (χ2v) is 2.72. The highest BCUT2D eigenvalue weighted by atomic mass is 16.6. The zero-order valence-corrected chi connectivity index (χ0v) is 7.32. The number of pyridine rings is 1. The zero-order valence-electron chi connectivity index (χ0n) is 7.32. The maximum atomic E-state index is 4.81. The number of aromatic nitrogens is 1. The summed E-state index contributed by atoms with van der Waals surface area (Å²) in [5.74, 6) is 0. The van der Waals surface area contributed by atoms with Gasteiger partial charge in [-0.15, -0.1) is 0 Å². The average molecular weight is 174 g/mol. The minimum Gasteiger partial charge on any atom is -0.279 e. The van der Waals surface area contributed by atoms with Crippen molar-refractivity contribution >= 4 is 16.6 Å². The highest BCUT2D eigenvalue weighted by molar-refractivity contribution is 5.81. The zero-order chi connectivity index (χ0) is 9.10. The Morgan fingerprint density at radius 1 is 1.31 bits per heavy atom. The summed E-state index contributed by atoms with van der Waals surface area (Å²) >= 11 is 0. The van der Waals surface area contributed by atoms with Gasteiger partial charge in [0.2, 0.25) is 0 Å². The van der Waals surface area contributed by atoms with E-state index in [1.807, 2.05) is 30.3 Å². The van der Waals surface area contributed by atoms with Gasteiger partial charge in [-0.05, 0) is 24.3 Å². The van der Waals surface area contributed by atoms with E-state index in [0.717, 1.165) is 16.6 Å². The lowest BCUT2D eigenvalue weighted by Crippen LogP contribution is -1.94. The molecule has 0 unspecified atom stereocenters. The van der Waals surface area contributed by atoms with Gasteiger partial charge in [-0.1, -0.05) is 6.07 Å². The minimum absolute atomic E-state index is 0.933. The SMILES string of the molecule is CONc1ccc2ncccc2c1. The van der Waals surface area contributed by atoms with Crippen molar-refractivity contribution in [2.45, 2.75) is 0 Å². The molecular formula is C10H10N2O. The lowest BCUT2D eigenvalue weighted by Gasteiger charge is -2.03. The Hall–Kier alpha value is -1.61. The number of nitrogens with zero attached hydrogens (tertiary/aromatic N) is 1. The van der Waals surface area contributed by atoms with Crippen LogP contribution >= 0.6 is 0 Å². The van der Waals surface area contributed by atoms with Gasteiger partial charge < -0.3 is 0 Å². The molecule has 0 saturated carbocycles. The molecule has 3 nitrogen and oxygen atoms in total. The van der Waals surface area contributed by atoms with E-state index >= 15 is 0 Å². The van der Waals surface area contributed by atoms with E-state index in [-0.39, 0.29) is 0 Å². The normalized spacial score (nSPS) is 10.2. The summed E-state index contributed by atoms with van der Waals surface area (Å²) in [6, 6.07) is 9.81. The van der Waals surface area contributed by atoms with Crippen molar-refractivity contribution in [3.05, 3.63) is 36.5 Å². The Labute approximate surface area is 76.3 Å². The third-order valence-corrected chi connectivity index (χ3v) is 1.82. The lowest BCUT2D eigenvalue weighted by atomic mass is 10.2. The fourth-order valence-corrected chi connectivity index (χ4v) is 1.26. The molecule has 3 heteroatoms. The fourth-order valence-electron chi connectivity index (χ4n) is 1.26. The van der Waals surface area contributed by atoms with Crippen LogP contribution in [0.4, 0.5) is 5.69 Å². The van der Waals surface area contributed by atoms with Crippen molar-refractivity contribution in [2.75, 3.05) is 12.6 Å². The third-order valence-electron chi connectivity index (χ3n) is 1.82. The van der Waals surface area contributed by atoms with Crippen LogP contribution in [-0.2, 0) is 4.84 Å². The van der Waals surface area contributed by atoms with Crippen LogP contribution in [-0.4, -0.2) is 12.1 Å². The maximum absolute atomic E-state index is 4.81. The topological polar surface area (TPSA) is 34.1 Å². The fraction of sp³-hybridized carbons (Fsp3) is 0.100. The van der Waals surface area contributed by atoms with E-state index < -0.39 is 0 Å². The summed E-state index contributed by atoms with van der Waals surface area (Å²) in [5, 5.41) is 1.10. The summed E-state index contributed by atoms with van der Waals surface area (Å²) < 4.78 is 0. The summed E-state index contributed by atoms with van der Waals surface area (Å²) in [6.07, 6.45) is 1.78. The van der Waals surface area contributed by atoms with Crippen LogP contribution in [0.3, 0.4) is 0 Å². The van der Waals surface area contributed by atoms with Gasteiger partial charge in [-0.3, -0.25) is 15.3 Å². The third kappa shape index (κ3) is 1.60. The monoisotopic (exact) mass is 174 g/mol. The van der Waals surface area contributed by atoms with Crippen molar-refractivity contribution in [1.82, 2.24) is 4.98 Å². The van der Waals surface area contributed by atoms with Crippen LogP contribution in [0.15, 0.2) is 36.5 Å². The van der Waals surface area contributed by atoms with E-state index in [4.69, 9.17) is 4.84 Å². The van der Waals surface area contributed by atoms with Crippen molar-refractivity contribution < 1.29 is 4.84 Å². The molecule has 1 aromatic heterocycles. The van der Waals surface area contributed by atoms with Crippen LogP contribution in [0.1, 0.15) is 0 Å². The highest BCUT2D eigenvalue weighted by Gasteiger charge is 1.94. The molecule has 1 N–H and O–H groups in total. The van der Waals surface area contributed by atoms with Gasteiger partial charge in [0.1, 0.15) is 0 Å². The molecule has 0 spiro atoms. The molecule has 0 atom stereocenters. The van der Waals surface area contributed by atoms with E-state index in [0.29, 0.717) is 0 Å². The molecule has 0 aliphatic heterocycles. The molecule has 0 aliphatic carbocycles. The van der Waals surface area contributed by atoms with Crippen molar-refractivity contribution in [3.8, 4) is 0 Å². The van der Waals surface area contributed by atoms with Gasteiger partial charge in [0.25, 0.3) is 0 Å². The van der Waals surface area contributed by atoms with Gasteiger partial charge >= 0.3 is 0 Å². The Kier molecular flexibility index (Phi) is 2.10. The molecule has 0 bridgehead atoms. The summed E-state index contributed by atoms with van der Waals surface area (Å²) in [6.45, 7) is 0. The first-order valence-corrected chi connectivity index (χ1v) is 4.04. The van der Waals surface area contributed by atoms with Crippen molar-refractivity contribution in [2.24, 2.45) is 0 Å². The van der Waals surface area contributed by atoms with Gasteiger partial charge in [0, 0.05) is 11.6 Å². The first-order valence-electron chi connectivity index (χ1n) is 4.04. The smallest absolute Gasteiger partial charge is 0.0703 e. The van der Waals surface area contributed by atoms with E-state index in [1.165, 1.54) is 0 Å². The summed E-state index contributed by atoms with van der Waals surface area (Å²) in [5.41, 5.74) is 4.70. The Morgan fingerprint density at radius 3 is 3.08 bits per heavy atom. The largest absolute Gasteiger partial charge is 0.279 e. The van der Waals surface area contributed by atoms with Gasteiger partial charge in [-0.25, -0.2) is 0 Å². The second-order valence-electron chi connectivity index (χ2n) is 2.72.